The Morgan fingerprint density at radius 2 is 1.79 bits per heavy atom. The molecule has 1 aromatic carbocycles. The van der Waals surface area contributed by atoms with E-state index in [0.717, 1.165) is 5.56 Å². The van der Waals surface area contributed by atoms with Crippen LogP contribution in [-0.2, 0) is 21.1 Å². The van der Waals surface area contributed by atoms with E-state index in [-0.39, 0.29) is 30.5 Å². The predicted molar refractivity (Wildman–Crippen MR) is 73.4 cm³/mol. The van der Waals surface area contributed by atoms with Crippen molar-refractivity contribution in [2.75, 3.05) is 24.6 Å². The number of hydrogen-bond acceptors (Lipinski definition) is 4. The highest BCUT2D eigenvalue weighted by atomic mass is 32.2. The zero-order valence-electron chi connectivity index (χ0n) is 10.7. The third-order valence-electron chi connectivity index (χ3n) is 3.27. The summed E-state index contributed by atoms with van der Waals surface area (Å²) in [5, 5.41) is 0. The first-order valence-electron chi connectivity index (χ1n) is 6.27. The summed E-state index contributed by atoms with van der Waals surface area (Å²) >= 11 is 0. The van der Waals surface area contributed by atoms with Crippen LogP contribution >= 0.6 is 0 Å². The molecule has 1 fully saturated rings. The lowest BCUT2D eigenvalue weighted by Crippen LogP contribution is -2.50. The van der Waals surface area contributed by atoms with Crippen molar-refractivity contribution in [1.82, 2.24) is 4.90 Å². The lowest BCUT2D eigenvalue weighted by molar-refractivity contribution is -0.132. The van der Waals surface area contributed by atoms with E-state index in [0.29, 0.717) is 6.42 Å². The second-order valence-corrected chi connectivity index (χ2v) is 7.08. The summed E-state index contributed by atoms with van der Waals surface area (Å²) in [6.45, 7) is 0.507. The van der Waals surface area contributed by atoms with E-state index in [4.69, 9.17) is 5.73 Å². The van der Waals surface area contributed by atoms with Crippen LogP contribution in [0, 0.1) is 0 Å². The van der Waals surface area contributed by atoms with E-state index in [1.807, 2.05) is 30.3 Å². The first-order chi connectivity index (χ1) is 8.98. The van der Waals surface area contributed by atoms with E-state index < -0.39 is 15.9 Å². The maximum atomic E-state index is 12.1. The zero-order valence-corrected chi connectivity index (χ0v) is 11.5. The molecule has 0 aromatic heterocycles. The minimum atomic E-state index is -2.97. The first kappa shape index (κ1) is 14.0. The highest BCUT2D eigenvalue weighted by Gasteiger charge is 2.27. The number of carbonyl (C=O) groups excluding carboxylic acids is 1. The molecule has 104 valence electrons. The molecule has 0 spiro atoms. The summed E-state index contributed by atoms with van der Waals surface area (Å²) in [7, 11) is -2.97. The van der Waals surface area contributed by atoms with Crippen LogP contribution in [-0.4, -0.2) is 49.9 Å². The molecule has 0 radical (unpaired) electrons. The Labute approximate surface area is 113 Å². The topological polar surface area (TPSA) is 80.5 Å². The average molecular weight is 282 g/mol. The van der Waals surface area contributed by atoms with Gasteiger partial charge in [-0.3, -0.25) is 4.79 Å². The van der Waals surface area contributed by atoms with Crippen molar-refractivity contribution in [3.05, 3.63) is 35.9 Å². The van der Waals surface area contributed by atoms with Crippen LogP contribution in [0.2, 0.25) is 0 Å². The molecule has 0 bridgehead atoms. The van der Waals surface area contributed by atoms with Gasteiger partial charge in [0.25, 0.3) is 0 Å². The number of hydrogen-bond donors (Lipinski definition) is 1. The highest BCUT2D eigenvalue weighted by Crippen LogP contribution is 2.08. The van der Waals surface area contributed by atoms with Crippen LogP contribution in [0.4, 0.5) is 0 Å². The molecule has 19 heavy (non-hydrogen) atoms. The second kappa shape index (κ2) is 5.71. The predicted octanol–water partition coefficient (Wildman–Crippen LogP) is -0.187. The molecule has 5 nitrogen and oxygen atoms in total. The van der Waals surface area contributed by atoms with Crippen molar-refractivity contribution in [2.45, 2.75) is 12.5 Å². The third-order valence-corrected chi connectivity index (χ3v) is 4.88. The van der Waals surface area contributed by atoms with Crippen LogP contribution < -0.4 is 5.73 Å². The van der Waals surface area contributed by atoms with Gasteiger partial charge in [-0.2, -0.15) is 0 Å². The maximum Gasteiger partial charge on any atom is 0.239 e. The monoisotopic (exact) mass is 282 g/mol. The second-order valence-electron chi connectivity index (χ2n) is 4.77. The number of rotatable bonds is 3. The summed E-state index contributed by atoms with van der Waals surface area (Å²) in [5.74, 6) is -0.0908. The summed E-state index contributed by atoms with van der Waals surface area (Å²) in [6, 6.07) is 8.96. The van der Waals surface area contributed by atoms with Crippen molar-refractivity contribution in [3.8, 4) is 0 Å². The van der Waals surface area contributed by atoms with Gasteiger partial charge in [0.15, 0.2) is 9.84 Å². The summed E-state index contributed by atoms with van der Waals surface area (Å²) < 4.78 is 22.6. The molecule has 1 amide bonds. The van der Waals surface area contributed by atoms with Gasteiger partial charge in [-0.05, 0) is 12.0 Å². The van der Waals surface area contributed by atoms with E-state index in [1.54, 1.807) is 4.90 Å². The minimum absolute atomic E-state index is 0.0385. The van der Waals surface area contributed by atoms with Gasteiger partial charge in [-0.15, -0.1) is 0 Å². The van der Waals surface area contributed by atoms with Gasteiger partial charge in [0.1, 0.15) is 0 Å². The van der Waals surface area contributed by atoms with Crippen molar-refractivity contribution >= 4 is 15.7 Å². The van der Waals surface area contributed by atoms with Crippen molar-refractivity contribution < 1.29 is 13.2 Å². The molecular formula is C13H18N2O3S. The molecule has 0 unspecified atom stereocenters. The quantitative estimate of drug-likeness (QED) is 0.833. The van der Waals surface area contributed by atoms with Gasteiger partial charge in [0.05, 0.1) is 17.5 Å². The number of sulfone groups is 1. The van der Waals surface area contributed by atoms with Gasteiger partial charge in [0.2, 0.25) is 5.91 Å². The highest BCUT2D eigenvalue weighted by molar-refractivity contribution is 7.91. The molecule has 1 aliphatic rings. The van der Waals surface area contributed by atoms with Gasteiger partial charge < -0.3 is 10.6 Å². The zero-order chi connectivity index (χ0) is 13.9. The third kappa shape index (κ3) is 3.78. The van der Waals surface area contributed by atoms with Crippen LogP contribution in [0.15, 0.2) is 30.3 Å². The van der Waals surface area contributed by atoms with Crippen LogP contribution in [0.5, 0.6) is 0 Å². The fraction of sp³-hybridized carbons (Fsp3) is 0.462. The van der Waals surface area contributed by atoms with E-state index in [2.05, 4.69) is 0 Å². The summed E-state index contributed by atoms with van der Waals surface area (Å²) in [6.07, 6.45) is 0.475. The number of nitrogens with zero attached hydrogens (tertiary/aromatic N) is 1. The fourth-order valence-corrected chi connectivity index (χ4v) is 3.32. The molecule has 0 aliphatic carbocycles. The van der Waals surface area contributed by atoms with Crippen molar-refractivity contribution in [3.63, 3.8) is 0 Å². The number of nitrogens with two attached hydrogens (primary N) is 1. The van der Waals surface area contributed by atoms with Crippen molar-refractivity contribution in [1.29, 1.82) is 0 Å². The average Bonchev–Trinajstić information content (AvgIpc) is 2.39. The van der Waals surface area contributed by atoms with Crippen molar-refractivity contribution in [2.24, 2.45) is 5.73 Å². The van der Waals surface area contributed by atoms with Gasteiger partial charge in [-0.1, -0.05) is 30.3 Å². The van der Waals surface area contributed by atoms with Gasteiger partial charge in [0, 0.05) is 13.1 Å². The fourth-order valence-electron chi connectivity index (χ4n) is 2.12. The normalized spacial score (nSPS) is 19.9. The molecule has 1 aliphatic heterocycles. The molecule has 2 N–H and O–H groups in total. The molecule has 6 heteroatoms. The maximum absolute atomic E-state index is 12.1. The Balaban J connectivity index is 1.93. The lowest BCUT2D eigenvalue weighted by atomic mass is 10.1. The molecule has 1 saturated heterocycles. The molecule has 0 saturated carbocycles. The number of carbonyl (C=O) groups is 1. The summed E-state index contributed by atoms with van der Waals surface area (Å²) in [4.78, 5) is 13.7. The largest absolute Gasteiger partial charge is 0.339 e. The molecule has 1 atom stereocenters. The molecule has 2 rings (SSSR count). The Bertz CT molecular complexity index is 528. The Hall–Kier alpha value is -1.40. The van der Waals surface area contributed by atoms with E-state index in [9.17, 15) is 13.2 Å². The number of benzene rings is 1. The lowest BCUT2D eigenvalue weighted by Gasteiger charge is -2.29. The van der Waals surface area contributed by atoms with Crippen LogP contribution in [0.1, 0.15) is 5.56 Å². The molecule has 1 aromatic rings. The summed E-state index contributed by atoms with van der Waals surface area (Å²) in [5.41, 5.74) is 6.91. The Morgan fingerprint density at radius 1 is 1.21 bits per heavy atom. The number of amides is 1. The molecule has 1 heterocycles. The Kier molecular flexibility index (Phi) is 4.21. The standard InChI is InChI=1S/C13H18N2O3S/c14-12(10-11-4-2-1-3-5-11)13(16)15-6-8-19(17,18)9-7-15/h1-5,12H,6-10,14H2/t12-/m0/s1. The van der Waals surface area contributed by atoms with E-state index >= 15 is 0 Å². The smallest absolute Gasteiger partial charge is 0.239 e. The molecular weight excluding hydrogens is 264 g/mol. The van der Waals surface area contributed by atoms with Gasteiger partial charge in [-0.25, -0.2) is 8.42 Å². The minimum Gasteiger partial charge on any atom is -0.339 e. The Morgan fingerprint density at radius 3 is 2.37 bits per heavy atom. The van der Waals surface area contributed by atoms with E-state index in [1.165, 1.54) is 0 Å². The first-order valence-corrected chi connectivity index (χ1v) is 8.09. The SMILES string of the molecule is N[C@@H](Cc1ccccc1)C(=O)N1CCS(=O)(=O)CC1. The van der Waals surface area contributed by atoms with Crippen LogP contribution in [0.3, 0.4) is 0 Å². The van der Waals surface area contributed by atoms with Crippen LogP contribution in [0.25, 0.3) is 0 Å². The van der Waals surface area contributed by atoms with Gasteiger partial charge >= 0.3 is 0 Å².